The first-order valence-electron chi connectivity index (χ1n) is 5.47. The standard InChI is InChI=1S/C11H24N2O/c1-6-7-12-8-11(14)13(5)10(4)9(2)3/h9-10,12H,6-8H2,1-5H3. The summed E-state index contributed by atoms with van der Waals surface area (Å²) in [5.41, 5.74) is 0. The number of nitrogens with one attached hydrogen (secondary N) is 1. The third-order valence-corrected chi connectivity index (χ3v) is 2.67. The van der Waals surface area contributed by atoms with Gasteiger partial charge >= 0.3 is 0 Å². The number of carbonyl (C=O) groups excluding carboxylic acids is 1. The van der Waals surface area contributed by atoms with Crippen LogP contribution in [0.15, 0.2) is 0 Å². The lowest BCUT2D eigenvalue weighted by Gasteiger charge is -2.28. The average molecular weight is 200 g/mol. The van der Waals surface area contributed by atoms with E-state index in [-0.39, 0.29) is 5.91 Å². The molecule has 14 heavy (non-hydrogen) atoms. The molecule has 3 nitrogen and oxygen atoms in total. The minimum Gasteiger partial charge on any atom is -0.342 e. The second-order valence-corrected chi connectivity index (χ2v) is 4.17. The Morgan fingerprint density at radius 3 is 2.36 bits per heavy atom. The lowest BCUT2D eigenvalue weighted by molar-refractivity contribution is -0.131. The third kappa shape index (κ3) is 4.61. The van der Waals surface area contributed by atoms with Crippen LogP contribution in [0.1, 0.15) is 34.1 Å². The summed E-state index contributed by atoms with van der Waals surface area (Å²) in [5.74, 6) is 0.690. The Labute approximate surface area is 87.9 Å². The third-order valence-electron chi connectivity index (χ3n) is 2.67. The number of likely N-dealkylation sites (N-methyl/N-ethyl adjacent to an activating group) is 1. The molecule has 0 aliphatic rings. The van der Waals surface area contributed by atoms with Gasteiger partial charge in [0.1, 0.15) is 0 Å². The predicted molar refractivity (Wildman–Crippen MR) is 60.2 cm³/mol. The van der Waals surface area contributed by atoms with Gasteiger partial charge in [-0.3, -0.25) is 4.79 Å². The number of hydrogen-bond donors (Lipinski definition) is 1. The van der Waals surface area contributed by atoms with Crippen molar-refractivity contribution >= 4 is 5.91 Å². The Balaban J connectivity index is 3.86. The van der Waals surface area contributed by atoms with Crippen molar-refractivity contribution in [3.63, 3.8) is 0 Å². The van der Waals surface area contributed by atoms with Gasteiger partial charge in [0.15, 0.2) is 0 Å². The van der Waals surface area contributed by atoms with E-state index in [4.69, 9.17) is 0 Å². The molecule has 1 amide bonds. The molecule has 3 heteroatoms. The molecule has 1 unspecified atom stereocenters. The molecule has 84 valence electrons. The van der Waals surface area contributed by atoms with Crippen molar-refractivity contribution < 1.29 is 4.79 Å². The Morgan fingerprint density at radius 1 is 1.36 bits per heavy atom. The highest BCUT2D eigenvalue weighted by atomic mass is 16.2. The molecule has 0 heterocycles. The van der Waals surface area contributed by atoms with Gasteiger partial charge < -0.3 is 10.2 Å². The van der Waals surface area contributed by atoms with Gasteiger partial charge in [0.05, 0.1) is 6.54 Å². The Bertz CT molecular complexity index is 169. The van der Waals surface area contributed by atoms with Gasteiger partial charge in [-0.05, 0) is 25.8 Å². The molecule has 1 N–H and O–H groups in total. The first kappa shape index (κ1) is 13.4. The van der Waals surface area contributed by atoms with E-state index in [0.29, 0.717) is 18.5 Å². The summed E-state index contributed by atoms with van der Waals surface area (Å²) in [7, 11) is 1.88. The highest BCUT2D eigenvalue weighted by molar-refractivity contribution is 5.78. The van der Waals surface area contributed by atoms with Gasteiger partial charge in [0, 0.05) is 13.1 Å². The molecule has 1 atom stereocenters. The van der Waals surface area contributed by atoms with Gasteiger partial charge in [0.25, 0.3) is 0 Å². The topological polar surface area (TPSA) is 32.3 Å². The second-order valence-electron chi connectivity index (χ2n) is 4.17. The summed E-state index contributed by atoms with van der Waals surface area (Å²) in [5, 5.41) is 3.12. The largest absolute Gasteiger partial charge is 0.342 e. The molecule has 0 aromatic heterocycles. The van der Waals surface area contributed by atoms with E-state index in [1.54, 1.807) is 0 Å². The van der Waals surface area contributed by atoms with Crippen molar-refractivity contribution in [2.24, 2.45) is 5.92 Å². The molecule has 0 aromatic carbocycles. The van der Waals surface area contributed by atoms with Crippen LogP contribution in [0.2, 0.25) is 0 Å². The first-order valence-corrected chi connectivity index (χ1v) is 5.47. The van der Waals surface area contributed by atoms with Crippen LogP contribution in [-0.4, -0.2) is 37.0 Å². The SMILES string of the molecule is CCCNCC(=O)N(C)C(C)C(C)C. The zero-order valence-corrected chi connectivity index (χ0v) is 10.1. The van der Waals surface area contributed by atoms with Gasteiger partial charge in [-0.15, -0.1) is 0 Å². The van der Waals surface area contributed by atoms with Crippen molar-refractivity contribution in [3.05, 3.63) is 0 Å². The fourth-order valence-corrected chi connectivity index (χ4v) is 1.17. The van der Waals surface area contributed by atoms with E-state index in [0.717, 1.165) is 13.0 Å². The van der Waals surface area contributed by atoms with E-state index >= 15 is 0 Å². The van der Waals surface area contributed by atoms with Crippen molar-refractivity contribution in [3.8, 4) is 0 Å². The number of rotatable bonds is 6. The summed E-state index contributed by atoms with van der Waals surface area (Å²) < 4.78 is 0. The maximum atomic E-state index is 11.6. The van der Waals surface area contributed by atoms with Crippen molar-refractivity contribution in [1.82, 2.24) is 10.2 Å². The van der Waals surface area contributed by atoms with Crippen LogP contribution >= 0.6 is 0 Å². The zero-order chi connectivity index (χ0) is 11.1. The quantitative estimate of drug-likeness (QED) is 0.659. The van der Waals surface area contributed by atoms with Gasteiger partial charge in [-0.2, -0.15) is 0 Å². The van der Waals surface area contributed by atoms with Crippen LogP contribution in [0.4, 0.5) is 0 Å². The van der Waals surface area contributed by atoms with E-state index < -0.39 is 0 Å². The normalized spacial score (nSPS) is 13.0. The Kier molecular flexibility index (Phi) is 6.54. The van der Waals surface area contributed by atoms with Crippen LogP contribution in [0.25, 0.3) is 0 Å². The van der Waals surface area contributed by atoms with Crippen molar-refractivity contribution in [1.29, 1.82) is 0 Å². The Morgan fingerprint density at radius 2 is 1.93 bits per heavy atom. The zero-order valence-electron chi connectivity index (χ0n) is 10.1. The molecule has 0 spiro atoms. The average Bonchev–Trinajstić information content (AvgIpc) is 2.15. The highest BCUT2D eigenvalue weighted by Gasteiger charge is 2.17. The van der Waals surface area contributed by atoms with Crippen LogP contribution in [0.3, 0.4) is 0 Å². The number of hydrogen-bond acceptors (Lipinski definition) is 2. The predicted octanol–water partition coefficient (Wildman–Crippen LogP) is 1.49. The monoisotopic (exact) mass is 200 g/mol. The van der Waals surface area contributed by atoms with Gasteiger partial charge in [-0.25, -0.2) is 0 Å². The fraction of sp³-hybridized carbons (Fsp3) is 0.909. The fourth-order valence-electron chi connectivity index (χ4n) is 1.17. The number of nitrogens with zero attached hydrogens (tertiary/aromatic N) is 1. The van der Waals surface area contributed by atoms with Crippen molar-refractivity contribution in [2.45, 2.75) is 40.2 Å². The molecule has 0 fully saturated rings. The molecular weight excluding hydrogens is 176 g/mol. The molecule has 0 aliphatic carbocycles. The molecule has 0 aliphatic heterocycles. The lowest BCUT2D eigenvalue weighted by atomic mass is 10.1. The number of carbonyl (C=O) groups is 1. The van der Waals surface area contributed by atoms with Crippen LogP contribution < -0.4 is 5.32 Å². The molecule has 0 rings (SSSR count). The maximum Gasteiger partial charge on any atom is 0.236 e. The molecule has 0 aromatic rings. The molecule has 0 radical (unpaired) electrons. The van der Waals surface area contributed by atoms with Crippen molar-refractivity contribution in [2.75, 3.05) is 20.1 Å². The summed E-state index contributed by atoms with van der Waals surface area (Å²) in [6, 6.07) is 0.311. The summed E-state index contributed by atoms with van der Waals surface area (Å²) in [6.07, 6.45) is 1.07. The summed E-state index contributed by atoms with van der Waals surface area (Å²) in [6.45, 7) is 9.82. The minimum atomic E-state index is 0.180. The summed E-state index contributed by atoms with van der Waals surface area (Å²) in [4.78, 5) is 13.5. The smallest absolute Gasteiger partial charge is 0.236 e. The molecular formula is C11H24N2O. The van der Waals surface area contributed by atoms with Gasteiger partial charge in [0.2, 0.25) is 5.91 Å². The highest BCUT2D eigenvalue weighted by Crippen LogP contribution is 2.07. The minimum absolute atomic E-state index is 0.180. The van der Waals surface area contributed by atoms with E-state index in [9.17, 15) is 4.79 Å². The van der Waals surface area contributed by atoms with Crippen LogP contribution in [-0.2, 0) is 4.79 Å². The first-order chi connectivity index (χ1) is 6.50. The maximum absolute atomic E-state index is 11.6. The van der Waals surface area contributed by atoms with E-state index in [1.807, 2.05) is 11.9 Å². The molecule has 0 bridgehead atoms. The molecule has 0 saturated carbocycles. The molecule has 0 saturated heterocycles. The Hall–Kier alpha value is -0.570. The second kappa shape index (κ2) is 6.82. The number of amides is 1. The van der Waals surface area contributed by atoms with Crippen LogP contribution in [0, 0.1) is 5.92 Å². The summed E-state index contributed by atoms with van der Waals surface area (Å²) >= 11 is 0. The van der Waals surface area contributed by atoms with Crippen LogP contribution in [0.5, 0.6) is 0 Å². The lowest BCUT2D eigenvalue weighted by Crippen LogP contribution is -2.42. The van der Waals surface area contributed by atoms with E-state index in [1.165, 1.54) is 0 Å². The van der Waals surface area contributed by atoms with E-state index in [2.05, 4.69) is 33.0 Å². The van der Waals surface area contributed by atoms with Gasteiger partial charge in [-0.1, -0.05) is 20.8 Å².